The molecule has 0 unspecified atom stereocenters. The Kier molecular flexibility index (Phi) is 4.38. The summed E-state index contributed by atoms with van der Waals surface area (Å²) >= 11 is 1.80. The van der Waals surface area contributed by atoms with Crippen LogP contribution in [0.2, 0.25) is 0 Å². The third-order valence-electron chi connectivity index (χ3n) is 4.22. The van der Waals surface area contributed by atoms with Crippen LogP contribution in [0, 0.1) is 0 Å². The van der Waals surface area contributed by atoms with E-state index in [2.05, 4.69) is 29.0 Å². The highest BCUT2D eigenvalue weighted by molar-refractivity contribution is 7.99. The average molecular weight is 354 g/mol. The molecule has 0 saturated carbocycles. The molecule has 3 N–H and O–H groups in total. The third kappa shape index (κ3) is 3.36. The number of thioether (sulfide) groups is 1. The zero-order valence-corrected chi connectivity index (χ0v) is 14.4. The summed E-state index contributed by atoms with van der Waals surface area (Å²) < 4.78 is 0. The number of amides is 1. The van der Waals surface area contributed by atoms with E-state index in [0.717, 1.165) is 22.6 Å². The Morgan fingerprint density at radius 2 is 2.16 bits per heavy atom. The van der Waals surface area contributed by atoms with Crippen LogP contribution in [-0.4, -0.2) is 29.9 Å². The summed E-state index contributed by atoms with van der Waals surface area (Å²) in [5.74, 6) is 1.47. The predicted molar refractivity (Wildman–Crippen MR) is 99.5 cm³/mol. The van der Waals surface area contributed by atoms with Gasteiger partial charge in [-0.2, -0.15) is 5.48 Å². The highest BCUT2D eigenvalue weighted by Crippen LogP contribution is 2.38. The number of aliphatic hydroxyl groups excluding tert-OH is 1. The Labute approximate surface area is 150 Å². The van der Waals surface area contributed by atoms with Crippen LogP contribution >= 0.6 is 11.8 Å². The number of carbonyl (C=O) groups excluding carboxylic acids is 1. The molecule has 2 aromatic carbocycles. The Hall–Kier alpha value is -2.44. The van der Waals surface area contributed by atoms with Crippen LogP contribution in [0.5, 0.6) is 5.75 Å². The van der Waals surface area contributed by atoms with Gasteiger partial charge in [-0.05, 0) is 47.0 Å². The second-order valence-electron chi connectivity index (χ2n) is 5.99. The molecule has 0 atom stereocenters. The second-order valence-corrected chi connectivity index (χ2v) is 7.00. The molecule has 0 saturated heterocycles. The fourth-order valence-electron chi connectivity index (χ4n) is 2.98. The lowest BCUT2D eigenvalue weighted by Gasteiger charge is -2.20. The molecule has 0 aromatic heterocycles. The van der Waals surface area contributed by atoms with Gasteiger partial charge in [-0.25, -0.2) is 0 Å². The van der Waals surface area contributed by atoms with E-state index < -0.39 is 0 Å². The van der Waals surface area contributed by atoms with E-state index in [1.165, 1.54) is 16.0 Å². The first-order valence-electron chi connectivity index (χ1n) is 8.14. The van der Waals surface area contributed by atoms with Crippen molar-refractivity contribution in [1.29, 1.82) is 0 Å². The molecule has 0 spiro atoms. The minimum Gasteiger partial charge on any atom is -0.395 e. The molecule has 5 nitrogen and oxygen atoms in total. The zero-order chi connectivity index (χ0) is 17.2. The molecule has 6 heteroatoms. The van der Waals surface area contributed by atoms with Crippen molar-refractivity contribution in [3.05, 3.63) is 53.1 Å². The van der Waals surface area contributed by atoms with Crippen molar-refractivity contribution in [1.82, 2.24) is 5.48 Å². The number of hydrogen-bond donors (Lipinski definition) is 3. The topological polar surface area (TPSA) is 70.6 Å². The maximum absolute atomic E-state index is 11.5. The summed E-state index contributed by atoms with van der Waals surface area (Å²) in [4.78, 5) is 18.0. The minimum absolute atomic E-state index is 0.119. The number of benzene rings is 2. The van der Waals surface area contributed by atoms with E-state index in [1.807, 2.05) is 24.3 Å². The number of fused-ring (bicyclic) bond motifs is 2. The van der Waals surface area contributed by atoms with E-state index in [4.69, 9.17) is 9.94 Å². The number of hydrogen-bond acceptors (Lipinski definition) is 5. The average Bonchev–Trinajstić information content (AvgIpc) is 2.65. The largest absolute Gasteiger partial charge is 0.395 e. The number of nitrogens with one attached hydrogen (secondary N) is 2. The van der Waals surface area contributed by atoms with Gasteiger partial charge in [-0.3, -0.25) is 4.79 Å². The zero-order valence-electron chi connectivity index (χ0n) is 13.5. The summed E-state index contributed by atoms with van der Waals surface area (Å²) in [6.07, 6.45) is 2.55. The smallest absolute Gasteiger partial charge is 0.257 e. The maximum Gasteiger partial charge on any atom is 0.257 e. The van der Waals surface area contributed by atoms with Crippen molar-refractivity contribution in [2.75, 3.05) is 24.2 Å². The quantitative estimate of drug-likeness (QED) is 0.788. The van der Waals surface area contributed by atoms with Crippen molar-refractivity contribution < 1.29 is 14.7 Å². The third-order valence-corrected chi connectivity index (χ3v) is 5.34. The monoisotopic (exact) mass is 354 g/mol. The van der Waals surface area contributed by atoms with Crippen LogP contribution in [-0.2, 0) is 11.2 Å². The summed E-state index contributed by atoms with van der Waals surface area (Å²) in [5, 5.41) is 12.1. The summed E-state index contributed by atoms with van der Waals surface area (Å²) in [5.41, 5.74) is 7.88. The van der Waals surface area contributed by atoms with Gasteiger partial charge in [0.1, 0.15) is 0 Å². The molecule has 0 radical (unpaired) electrons. The van der Waals surface area contributed by atoms with E-state index >= 15 is 0 Å². The van der Waals surface area contributed by atoms with Gasteiger partial charge in [0, 0.05) is 28.4 Å². The van der Waals surface area contributed by atoms with Crippen molar-refractivity contribution in [3.8, 4) is 5.75 Å². The fourth-order valence-corrected chi connectivity index (χ4v) is 4.04. The molecule has 25 heavy (non-hydrogen) atoms. The van der Waals surface area contributed by atoms with Crippen molar-refractivity contribution in [2.45, 2.75) is 11.3 Å². The molecule has 4 rings (SSSR count). The van der Waals surface area contributed by atoms with Crippen LogP contribution < -0.4 is 15.6 Å². The van der Waals surface area contributed by atoms with Gasteiger partial charge >= 0.3 is 0 Å². The van der Waals surface area contributed by atoms with Crippen LogP contribution in [0.1, 0.15) is 16.7 Å². The van der Waals surface area contributed by atoms with Gasteiger partial charge in [0.2, 0.25) is 0 Å². The number of carbonyl (C=O) groups is 1. The van der Waals surface area contributed by atoms with Gasteiger partial charge in [0.15, 0.2) is 5.75 Å². The van der Waals surface area contributed by atoms with E-state index in [1.54, 1.807) is 11.8 Å². The number of aliphatic hydroxyl groups is 1. The molecule has 0 aliphatic carbocycles. The van der Waals surface area contributed by atoms with Crippen LogP contribution in [0.15, 0.2) is 41.3 Å². The van der Waals surface area contributed by atoms with Gasteiger partial charge in [0.05, 0.1) is 13.0 Å². The molecule has 2 aromatic rings. The van der Waals surface area contributed by atoms with Crippen molar-refractivity contribution in [2.24, 2.45) is 0 Å². The maximum atomic E-state index is 11.5. The molecule has 0 fully saturated rings. The molecular formula is C19H18N2O3S. The first-order chi connectivity index (χ1) is 12.2. The second kappa shape index (κ2) is 6.82. The lowest BCUT2D eigenvalue weighted by Crippen LogP contribution is -2.33. The molecule has 2 aliphatic rings. The van der Waals surface area contributed by atoms with Crippen LogP contribution in [0.25, 0.3) is 11.6 Å². The number of rotatable bonds is 4. The Balaban J connectivity index is 1.61. The predicted octanol–water partition coefficient (Wildman–Crippen LogP) is 2.70. The van der Waals surface area contributed by atoms with Crippen LogP contribution in [0.4, 0.5) is 5.69 Å². The Morgan fingerprint density at radius 3 is 3.04 bits per heavy atom. The normalized spacial score (nSPS) is 15.4. The molecule has 2 aliphatic heterocycles. The molecule has 1 amide bonds. The number of anilines is 1. The van der Waals surface area contributed by atoms with Crippen LogP contribution in [0.3, 0.4) is 0 Å². The Morgan fingerprint density at radius 1 is 1.24 bits per heavy atom. The lowest BCUT2D eigenvalue weighted by molar-refractivity contribution is -0.128. The fraction of sp³-hybridized carbons (Fsp3) is 0.211. The first kappa shape index (κ1) is 16.1. The standard InChI is InChI=1S/C19H18N2O3S/c22-6-5-20-16-3-1-13-8-15(11-25-18(13)10-16)12-2-4-17-14(7-12)9-19(23)21-24-17/h1-4,7-8,10,20,22H,5-6,9,11H2,(H,21,23). The minimum atomic E-state index is -0.120. The molecule has 2 heterocycles. The van der Waals surface area contributed by atoms with Gasteiger partial charge in [-0.1, -0.05) is 12.1 Å². The van der Waals surface area contributed by atoms with Crippen molar-refractivity contribution in [3.63, 3.8) is 0 Å². The van der Waals surface area contributed by atoms with Gasteiger partial charge < -0.3 is 15.3 Å². The Bertz CT molecular complexity index is 864. The van der Waals surface area contributed by atoms with E-state index in [-0.39, 0.29) is 12.5 Å². The SMILES string of the molecule is O=C1Cc2cc(C3=Cc4ccc(NCCO)cc4SC3)ccc2ON1. The van der Waals surface area contributed by atoms with Gasteiger partial charge in [0.25, 0.3) is 5.91 Å². The summed E-state index contributed by atoms with van der Waals surface area (Å²) in [6.45, 7) is 0.670. The first-order valence-corrected chi connectivity index (χ1v) is 9.12. The van der Waals surface area contributed by atoms with Gasteiger partial charge in [-0.15, -0.1) is 11.8 Å². The molecular weight excluding hydrogens is 336 g/mol. The molecule has 0 bridgehead atoms. The summed E-state index contributed by atoms with van der Waals surface area (Å²) in [6, 6.07) is 12.2. The molecule has 128 valence electrons. The van der Waals surface area contributed by atoms with E-state index in [0.29, 0.717) is 18.7 Å². The highest BCUT2D eigenvalue weighted by Gasteiger charge is 2.19. The van der Waals surface area contributed by atoms with Crippen molar-refractivity contribution >= 4 is 35.0 Å². The lowest BCUT2D eigenvalue weighted by atomic mass is 9.99. The highest BCUT2D eigenvalue weighted by atomic mass is 32.2. The van der Waals surface area contributed by atoms with E-state index in [9.17, 15) is 4.79 Å². The number of hydroxylamine groups is 1. The summed E-state index contributed by atoms with van der Waals surface area (Å²) in [7, 11) is 0.